The molecular weight excluding hydrogens is 474 g/mol. The van der Waals surface area contributed by atoms with Gasteiger partial charge in [0.2, 0.25) is 10.0 Å². The van der Waals surface area contributed by atoms with Crippen molar-refractivity contribution in [1.82, 2.24) is 9.21 Å². The van der Waals surface area contributed by atoms with Crippen LogP contribution in [0.15, 0.2) is 71.6 Å². The molecule has 0 spiro atoms. The van der Waals surface area contributed by atoms with Gasteiger partial charge in [0.1, 0.15) is 0 Å². The molecule has 1 fully saturated rings. The number of carbonyl (C=O) groups excluding carboxylic acids is 1. The van der Waals surface area contributed by atoms with Crippen LogP contribution < -0.4 is 5.32 Å². The topological polar surface area (TPSA) is 90.0 Å². The number of amides is 1. The van der Waals surface area contributed by atoms with Crippen molar-refractivity contribution in [3.8, 4) is 11.1 Å². The average Bonchev–Trinajstić information content (AvgIpc) is 3.34. The van der Waals surface area contributed by atoms with E-state index in [2.05, 4.69) is 5.32 Å². The maximum Gasteiger partial charge on any atom is 0.253 e. The predicted octanol–water partition coefficient (Wildman–Crippen LogP) is 3.90. The van der Waals surface area contributed by atoms with Crippen LogP contribution in [0, 0.1) is 12.8 Å². The molecule has 0 bridgehead atoms. The van der Waals surface area contributed by atoms with Crippen LogP contribution in [0.3, 0.4) is 0 Å². The molecule has 0 unspecified atom stereocenters. The Morgan fingerprint density at radius 2 is 1.78 bits per heavy atom. The fourth-order valence-corrected chi connectivity index (χ4v) is 7.07. The Bertz CT molecular complexity index is 1400. The zero-order chi connectivity index (χ0) is 25.6. The summed E-state index contributed by atoms with van der Waals surface area (Å²) in [6.07, 6.45) is 0.657. The quantitative estimate of drug-likeness (QED) is 0.549. The summed E-state index contributed by atoms with van der Waals surface area (Å²) >= 11 is 0. The lowest BCUT2D eigenvalue weighted by atomic mass is 9.82. The van der Waals surface area contributed by atoms with Crippen molar-refractivity contribution >= 4 is 21.6 Å². The molecule has 3 atom stereocenters. The summed E-state index contributed by atoms with van der Waals surface area (Å²) in [6.45, 7) is 2.25. The highest BCUT2D eigenvalue weighted by molar-refractivity contribution is 7.89. The van der Waals surface area contributed by atoms with Gasteiger partial charge >= 0.3 is 0 Å². The normalized spacial score (nSPS) is 21.4. The van der Waals surface area contributed by atoms with Crippen LogP contribution in [-0.2, 0) is 10.0 Å². The van der Waals surface area contributed by atoms with E-state index in [4.69, 9.17) is 0 Å². The summed E-state index contributed by atoms with van der Waals surface area (Å²) in [6, 6.07) is 19.7. The third-order valence-corrected chi connectivity index (χ3v) is 9.19. The first kappa shape index (κ1) is 24.5. The summed E-state index contributed by atoms with van der Waals surface area (Å²) in [5.74, 6) is -0.131. The van der Waals surface area contributed by atoms with Gasteiger partial charge in [-0.1, -0.05) is 35.9 Å². The predicted molar refractivity (Wildman–Crippen MR) is 140 cm³/mol. The summed E-state index contributed by atoms with van der Waals surface area (Å²) < 4.78 is 29.1. The van der Waals surface area contributed by atoms with Gasteiger partial charge in [0.05, 0.1) is 23.6 Å². The lowest BCUT2D eigenvalue weighted by Gasteiger charge is -2.39. The van der Waals surface area contributed by atoms with Crippen molar-refractivity contribution in [2.24, 2.45) is 5.92 Å². The van der Waals surface area contributed by atoms with Crippen LogP contribution >= 0.6 is 0 Å². The number of fused-ring (bicyclic) bond motifs is 3. The van der Waals surface area contributed by atoms with Crippen molar-refractivity contribution in [3.05, 3.63) is 83.4 Å². The number of nitrogens with zero attached hydrogens (tertiary/aromatic N) is 2. The van der Waals surface area contributed by atoms with Gasteiger partial charge in [-0.25, -0.2) is 8.42 Å². The minimum absolute atomic E-state index is 0.0559. The van der Waals surface area contributed by atoms with Gasteiger partial charge < -0.3 is 15.3 Å². The number of carbonyl (C=O) groups is 1. The standard InChI is InChI=1S/C28H31N3O4S/c1-18-7-10-22(11-8-18)36(34,35)31-14-13-23-26(17-32)29-25-12-9-20(16-24(25)27(23)31)19-5-4-6-21(15-19)28(33)30(2)3/h4-12,15-16,23,26-27,29,32H,13-14,17H2,1-3H3/t23-,26+,27-/m1/s1. The molecule has 1 saturated heterocycles. The minimum Gasteiger partial charge on any atom is -0.394 e. The Balaban J connectivity index is 1.58. The zero-order valence-corrected chi connectivity index (χ0v) is 21.5. The fraction of sp³-hybridized carbons (Fsp3) is 0.321. The zero-order valence-electron chi connectivity index (χ0n) is 20.7. The maximum atomic E-state index is 13.7. The molecule has 2 aliphatic rings. The molecule has 188 valence electrons. The van der Waals surface area contributed by atoms with Crippen LogP contribution in [0.1, 0.15) is 33.9 Å². The van der Waals surface area contributed by atoms with Gasteiger partial charge in [-0.3, -0.25) is 4.79 Å². The molecule has 8 heteroatoms. The monoisotopic (exact) mass is 505 g/mol. The number of aryl methyl sites for hydroxylation is 1. The Hall–Kier alpha value is -3.20. The summed E-state index contributed by atoms with van der Waals surface area (Å²) in [5, 5.41) is 13.5. The Labute approximate surface area is 212 Å². The summed E-state index contributed by atoms with van der Waals surface area (Å²) in [7, 11) is -0.286. The van der Waals surface area contributed by atoms with Gasteiger partial charge in [0, 0.05) is 37.8 Å². The SMILES string of the molecule is Cc1ccc(S(=O)(=O)N2CC[C@@H]3[C@H](CO)Nc4ccc(-c5cccc(C(=O)N(C)C)c5)cc4[C@@H]32)cc1. The van der Waals surface area contributed by atoms with E-state index in [1.807, 2.05) is 55.5 Å². The van der Waals surface area contributed by atoms with Gasteiger partial charge in [-0.2, -0.15) is 4.31 Å². The molecule has 0 aliphatic carbocycles. The van der Waals surface area contributed by atoms with E-state index in [1.54, 1.807) is 41.5 Å². The van der Waals surface area contributed by atoms with Crippen molar-refractivity contribution < 1.29 is 18.3 Å². The number of hydrogen-bond acceptors (Lipinski definition) is 5. The summed E-state index contributed by atoms with van der Waals surface area (Å²) in [4.78, 5) is 14.3. The van der Waals surface area contributed by atoms with Crippen LogP contribution in [0.25, 0.3) is 11.1 Å². The number of hydrogen-bond donors (Lipinski definition) is 2. The number of aliphatic hydroxyl groups is 1. The fourth-order valence-electron chi connectivity index (χ4n) is 5.41. The molecule has 0 aromatic heterocycles. The Kier molecular flexibility index (Phi) is 6.36. The molecule has 1 amide bonds. The molecule has 2 heterocycles. The van der Waals surface area contributed by atoms with E-state index in [9.17, 15) is 18.3 Å². The second-order valence-corrected chi connectivity index (χ2v) is 11.7. The summed E-state index contributed by atoms with van der Waals surface area (Å²) in [5.41, 5.74) is 5.10. The first-order valence-electron chi connectivity index (χ1n) is 12.1. The van der Waals surface area contributed by atoms with Crippen LogP contribution in [0.4, 0.5) is 5.69 Å². The number of sulfonamides is 1. The van der Waals surface area contributed by atoms with Crippen LogP contribution in [-0.4, -0.2) is 61.9 Å². The molecule has 3 aromatic rings. The lowest BCUT2D eigenvalue weighted by molar-refractivity contribution is 0.0827. The first-order valence-corrected chi connectivity index (χ1v) is 13.6. The largest absolute Gasteiger partial charge is 0.394 e. The highest BCUT2D eigenvalue weighted by Crippen LogP contribution is 2.49. The lowest BCUT2D eigenvalue weighted by Crippen LogP contribution is -2.42. The molecule has 3 aromatic carbocycles. The molecule has 5 rings (SSSR count). The molecule has 0 saturated carbocycles. The van der Waals surface area contributed by atoms with E-state index >= 15 is 0 Å². The smallest absolute Gasteiger partial charge is 0.253 e. The third kappa shape index (κ3) is 4.19. The Morgan fingerprint density at radius 1 is 1.06 bits per heavy atom. The van der Waals surface area contributed by atoms with Gasteiger partial charge in [0.15, 0.2) is 0 Å². The Morgan fingerprint density at radius 3 is 2.47 bits per heavy atom. The molecule has 0 radical (unpaired) electrons. The number of benzene rings is 3. The number of rotatable bonds is 5. The van der Waals surface area contributed by atoms with Crippen LogP contribution in [0.5, 0.6) is 0 Å². The van der Waals surface area contributed by atoms with Gasteiger partial charge in [-0.15, -0.1) is 0 Å². The van der Waals surface area contributed by atoms with E-state index in [-0.39, 0.29) is 29.4 Å². The van der Waals surface area contributed by atoms with E-state index in [0.29, 0.717) is 18.5 Å². The number of nitrogens with one attached hydrogen (secondary N) is 1. The van der Waals surface area contributed by atoms with E-state index < -0.39 is 16.1 Å². The second-order valence-electron chi connectivity index (χ2n) is 9.84. The maximum absolute atomic E-state index is 13.7. The third-order valence-electron chi connectivity index (χ3n) is 7.30. The second kappa shape index (κ2) is 9.35. The van der Waals surface area contributed by atoms with Gasteiger partial charge in [0.25, 0.3) is 5.91 Å². The van der Waals surface area contributed by atoms with Crippen molar-refractivity contribution in [2.75, 3.05) is 32.6 Å². The molecule has 36 heavy (non-hydrogen) atoms. The highest BCUT2D eigenvalue weighted by atomic mass is 32.2. The van der Waals surface area contributed by atoms with Crippen molar-refractivity contribution in [1.29, 1.82) is 0 Å². The van der Waals surface area contributed by atoms with Crippen molar-refractivity contribution in [3.63, 3.8) is 0 Å². The van der Waals surface area contributed by atoms with Crippen molar-refractivity contribution in [2.45, 2.75) is 30.3 Å². The molecular formula is C28H31N3O4S. The molecule has 7 nitrogen and oxygen atoms in total. The molecule has 2 N–H and O–H groups in total. The average molecular weight is 506 g/mol. The van der Waals surface area contributed by atoms with Gasteiger partial charge in [-0.05, 0) is 66.4 Å². The van der Waals surface area contributed by atoms with Crippen LogP contribution in [0.2, 0.25) is 0 Å². The number of anilines is 1. The number of aliphatic hydroxyl groups excluding tert-OH is 1. The first-order chi connectivity index (χ1) is 17.2. The highest BCUT2D eigenvalue weighted by Gasteiger charge is 2.48. The van der Waals surface area contributed by atoms with E-state index in [1.165, 1.54) is 0 Å². The minimum atomic E-state index is -3.73. The van der Waals surface area contributed by atoms with E-state index in [0.717, 1.165) is 27.9 Å². The molecule has 2 aliphatic heterocycles.